The van der Waals surface area contributed by atoms with Crippen molar-refractivity contribution < 1.29 is 23.7 Å². The quantitative estimate of drug-likeness (QED) is 0.609. The first-order valence-corrected chi connectivity index (χ1v) is 10.0. The molecule has 2 aromatic rings. The van der Waals surface area contributed by atoms with Gasteiger partial charge in [0.2, 0.25) is 6.79 Å². The molecule has 1 aliphatic rings. The van der Waals surface area contributed by atoms with Crippen LogP contribution in [0.25, 0.3) is 0 Å². The first kappa shape index (κ1) is 21.4. The van der Waals surface area contributed by atoms with Gasteiger partial charge in [0.25, 0.3) is 0 Å². The lowest BCUT2D eigenvalue weighted by Crippen LogP contribution is -2.25. The van der Waals surface area contributed by atoms with Crippen LogP contribution in [-0.2, 0) is 20.6 Å². The minimum Gasteiger partial charge on any atom is -0.489 e. The number of rotatable bonds is 9. The highest BCUT2D eigenvalue weighted by molar-refractivity contribution is 5.87. The van der Waals surface area contributed by atoms with Crippen molar-refractivity contribution in [3.05, 3.63) is 66.1 Å². The zero-order valence-electron chi connectivity index (χ0n) is 17.5. The number of hydrogen-bond donors (Lipinski definition) is 2. The fourth-order valence-electron chi connectivity index (χ4n) is 3.05. The van der Waals surface area contributed by atoms with Gasteiger partial charge in [-0.2, -0.15) is 0 Å². The van der Waals surface area contributed by atoms with Gasteiger partial charge in [0.1, 0.15) is 12.0 Å². The summed E-state index contributed by atoms with van der Waals surface area (Å²) in [4.78, 5) is 11.8. The average molecular weight is 412 g/mol. The number of benzene rings is 2. The molecule has 7 heteroatoms. The Balaban J connectivity index is 1.81. The van der Waals surface area contributed by atoms with E-state index < -0.39 is 6.09 Å². The van der Waals surface area contributed by atoms with Crippen LogP contribution in [-0.4, -0.2) is 31.6 Å². The lowest BCUT2D eigenvalue weighted by atomic mass is 10.0. The van der Waals surface area contributed by atoms with Crippen molar-refractivity contribution in [3.8, 4) is 5.75 Å². The fourth-order valence-corrected chi connectivity index (χ4v) is 3.05. The van der Waals surface area contributed by atoms with E-state index in [1.807, 2.05) is 44.2 Å². The van der Waals surface area contributed by atoms with Crippen LogP contribution in [0.15, 0.2) is 60.6 Å². The molecule has 2 N–H and O–H groups in total. The van der Waals surface area contributed by atoms with Gasteiger partial charge in [0.05, 0.1) is 24.4 Å². The van der Waals surface area contributed by atoms with Gasteiger partial charge in [0, 0.05) is 11.8 Å². The van der Waals surface area contributed by atoms with Gasteiger partial charge in [-0.1, -0.05) is 30.3 Å². The third kappa shape index (κ3) is 6.07. The van der Waals surface area contributed by atoms with Gasteiger partial charge in [-0.05, 0) is 44.9 Å². The number of carbonyl (C=O) groups is 1. The van der Waals surface area contributed by atoms with Gasteiger partial charge < -0.3 is 24.3 Å². The summed E-state index contributed by atoms with van der Waals surface area (Å²) in [6.45, 7) is 6.13. The molecule has 160 valence electrons. The summed E-state index contributed by atoms with van der Waals surface area (Å²) in [5, 5.41) is 6.21. The molecule has 0 spiro atoms. The van der Waals surface area contributed by atoms with Crippen LogP contribution in [0.3, 0.4) is 0 Å². The predicted octanol–water partition coefficient (Wildman–Crippen LogP) is 4.91. The van der Waals surface area contributed by atoms with E-state index in [4.69, 9.17) is 18.9 Å². The second-order valence-corrected chi connectivity index (χ2v) is 7.06. The van der Waals surface area contributed by atoms with E-state index in [1.54, 1.807) is 19.3 Å². The highest BCUT2D eigenvalue weighted by atomic mass is 16.7. The van der Waals surface area contributed by atoms with Crippen LogP contribution in [0.5, 0.6) is 5.75 Å². The minimum atomic E-state index is -0.518. The van der Waals surface area contributed by atoms with Gasteiger partial charge in [0.15, 0.2) is 5.76 Å². The topological polar surface area (TPSA) is 78.1 Å². The van der Waals surface area contributed by atoms with Crippen LogP contribution in [0.4, 0.5) is 16.2 Å². The molecular weight excluding hydrogens is 384 g/mol. The van der Waals surface area contributed by atoms with Crippen molar-refractivity contribution in [2.24, 2.45) is 0 Å². The number of anilines is 2. The molecule has 0 saturated carbocycles. The Hall–Kier alpha value is -3.35. The molecule has 30 heavy (non-hydrogen) atoms. The summed E-state index contributed by atoms with van der Waals surface area (Å²) < 4.78 is 21.8. The van der Waals surface area contributed by atoms with Gasteiger partial charge >= 0.3 is 6.09 Å². The molecule has 2 aromatic carbocycles. The summed E-state index contributed by atoms with van der Waals surface area (Å²) in [6, 6.07) is 15.6. The van der Waals surface area contributed by atoms with Crippen molar-refractivity contribution in [2.45, 2.75) is 39.3 Å². The SMILES string of the molecule is CCOC(=O)Nc1ccc(NC(Cc2ccccc2)C2=COCO2)cc1OC(C)C. The van der Waals surface area contributed by atoms with Crippen LogP contribution in [0.2, 0.25) is 0 Å². The van der Waals surface area contributed by atoms with Crippen molar-refractivity contribution >= 4 is 17.5 Å². The van der Waals surface area contributed by atoms with E-state index in [0.29, 0.717) is 18.0 Å². The summed E-state index contributed by atoms with van der Waals surface area (Å²) in [7, 11) is 0. The minimum absolute atomic E-state index is 0.0580. The molecule has 0 aliphatic carbocycles. The predicted molar refractivity (Wildman–Crippen MR) is 116 cm³/mol. The molecular formula is C23H28N2O5. The molecule has 0 radical (unpaired) electrons. The third-order valence-electron chi connectivity index (χ3n) is 4.32. The maximum Gasteiger partial charge on any atom is 0.411 e. The molecule has 0 saturated heterocycles. The highest BCUT2D eigenvalue weighted by Crippen LogP contribution is 2.31. The van der Waals surface area contributed by atoms with Gasteiger partial charge in [-0.3, -0.25) is 5.32 Å². The van der Waals surface area contributed by atoms with Crippen molar-refractivity contribution in [3.63, 3.8) is 0 Å². The zero-order chi connectivity index (χ0) is 21.3. The van der Waals surface area contributed by atoms with E-state index in [-0.39, 0.29) is 18.9 Å². The average Bonchev–Trinajstić information content (AvgIpc) is 3.25. The first-order valence-electron chi connectivity index (χ1n) is 10.0. The van der Waals surface area contributed by atoms with Crippen LogP contribution < -0.4 is 15.4 Å². The molecule has 7 nitrogen and oxygen atoms in total. The largest absolute Gasteiger partial charge is 0.489 e. The van der Waals surface area contributed by atoms with E-state index >= 15 is 0 Å². The molecule has 1 heterocycles. The second-order valence-electron chi connectivity index (χ2n) is 7.06. The van der Waals surface area contributed by atoms with Crippen LogP contribution >= 0.6 is 0 Å². The Bertz CT molecular complexity index is 867. The summed E-state index contributed by atoms with van der Waals surface area (Å²) in [5.41, 5.74) is 2.55. The molecule has 1 amide bonds. The monoisotopic (exact) mass is 412 g/mol. The maximum atomic E-state index is 11.8. The molecule has 3 rings (SSSR count). The molecule has 0 fully saturated rings. The summed E-state index contributed by atoms with van der Waals surface area (Å²) in [5.74, 6) is 1.29. The van der Waals surface area contributed by atoms with E-state index in [9.17, 15) is 4.79 Å². The van der Waals surface area contributed by atoms with Crippen molar-refractivity contribution in [2.75, 3.05) is 24.0 Å². The third-order valence-corrected chi connectivity index (χ3v) is 4.32. The second kappa shape index (κ2) is 10.4. The lowest BCUT2D eigenvalue weighted by Gasteiger charge is -2.22. The number of amides is 1. The Morgan fingerprint density at radius 3 is 2.63 bits per heavy atom. The zero-order valence-corrected chi connectivity index (χ0v) is 17.5. The standard InChI is InChI=1S/C23H28N2O5/c1-4-28-23(26)25-19-11-10-18(13-21(19)30-16(2)3)24-20(22-14-27-15-29-22)12-17-8-6-5-7-9-17/h5-11,13-14,16,20,24H,4,12,15H2,1-3H3,(H,25,26). The van der Waals surface area contributed by atoms with E-state index in [2.05, 4.69) is 22.8 Å². The Kier molecular flexibility index (Phi) is 7.43. The Morgan fingerprint density at radius 2 is 1.97 bits per heavy atom. The molecule has 0 aromatic heterocycles. The normalized spacial score (nSPS) is 13.7. The molecule has 1 unspecified atom stereocenters. The maximum absolute atomic E-state index is 11.8. The van der Waals surface area contributed by atoms with E-state index in [1.165, 1.54) is 5.56 Å². The van der Waals surface area contributed by atoms with E-state index in [0.717, 1.165) is 17.9 Å². The van der Waals surface area contributed by atoms with Crippen LogP contribution in [0.1, 0.15) is 26.3 Å². The van der Waals surface area contributed by atoms with Crippen molar-refractivity contribution in [1.29, 1.82) is 0 Å². The summed E-state index contributed by atoms with van der Waals surface area (Å²) >= 11 is 0. The number of carbonyl (C=O) groups excluding carboxylic acids is 1. The number of hydrogen-bond acceptors (Lipinski definition) is 6. The number of ether oxygens (including phenoxy) is 4. The smallest absolute Gasteiger partial charge is 0.411 e. The summed E-state index contributed by atoms with van der Waals surface area (Å²) in [6.07, 6.45) is 1.79. The van der Waals surface area contributed by atoms with Crippen LogP contribution in [0, 0.1) is 0 Å². The highest BCUT2D eigenvalue weighted by Gasteiger charge is 2.21. The fraction of sp³-hybridized carbons (Fsp3) is 0.348. The lowest BCUT2D eigenvalue weighted by molar-refractivity contribution is 0.0764. The Morgan fingerprint density at radius 1 is 1.17 bits per heavy atom. The molecule has 1 aliphatic heterocycles. The first-order chi connectivity index (χ1) is 14.5. The number of nitrogens with one attached hydrogen (secondary N) is 2. The molecule has 1 atom stereocenters. The van der Waals surface area contributed by atoms with Crippen molar-refractivity contribution in [1.82, 2.24) is 0 Å². The van der Waals surface area contributed by atoms with Gasteiger partial charge in [-0.25, -0.2) is 4.79 Å². The molecule has 0 bridgehead atoms. The Labute approximate surface area is 177 Å². The van der Waals surface area contributed by atoms with Gasteiger partial charge in [-0.15, -0.1) is 0 Å².